The minimum atomic E-state index is -0.188. The van der Waals surface area contributed by atoms with E-state index in [1.54, 1.807) is 23.6 Å². The van der Waals surface area contributed by atoms with Crippen LogP contribution in [0.3, 0.4) is 0 Å². The molecular weight excluding hydrogens is 414 g/mol. The zero-order valence-electron chi connectivity index (χ0n) is 17.3. The Morgan fingerprint density at radius 3 is 2.48 bits per heavy atom. The second kappa shape index (κ2) is 8.88. The fraction of sp³-hybridized carbons (Fsp3) is 0.208. The Balaban J connectivity index is 1.83. The lowest BCUT2D eigenvalue weighted by molar-refractivity contribution is 0.298. The first-order valence-corrected chi connectivity index (χ1v) is 10.3. The van der Waals surface area contributed by atoms with Gasteiger partial charge in [-0.2, -0.15) is 0 Å². The fourth-order valence-electron chi connectivity index (χ4n) is 3.52. The summed E-state index contributed by atoms with van der Waals surface area (Å²) in [6.07, 6.45) is 0.248. The minimum absolute atomic E-state index is 0.121. The number of aliphatic hydroxyl groups excluding tert-OH is 1. The number of aliphatic hydroxyl groups is 1. The second-order valence-corrected chi connectivity index (χ2v) is 7.70. The number of aryl methyl sites for hydroxylation is 2. The molecule has 4 rings (SSSR count). The molecule has 4 aromatic rings. The van der Waals surface area contributed by atoms with E-state index in [-0.39, 0.29) is 25.1 Å². The van der Waals surface area contributed by atoms with Crippen LogP contribution in [0.15, 0.2) is 63.8 Å². The van der Waals surface area contributed by atoms with Crippen molar-refractivity contribution in [1.82, 2.24) is 14.5 Å². The standard InChI is InChI=1S/C24H22ClN3O3/c1-15-20(11-12-29)24(30)28(22(26-15)17-7-4-3-5-8-17)14-21-16(2)31-23(27-21)18-9-6-10-19(25)13-18/h3-10,13,29H,11-12,14H2,1-2H3. The summed E-state index contributed by atoms with van der Waals surface area (Å²) in [4.78, 5) is 22.7. The second-order valence-electron chi connectivity index (χ2n) is 7.26. The average Bonchev–Trinajstić information content (AvgIpc) is 3.14. The molecule has 0 bridgehead atoms. The van der Waals surface area contributed by atoms with E-state index < -0.39 is 0 Å². The highest BCUT2D eigenvalue weighted by Gasteiger charge is 2.19. The maximum atomic E-state index is 13.3. The van der Waals surface area contributed by atoms with Crippen LogP contribution in [0, 0.1) is 13.8 Å². The third kappa shape index (κ3) is 4.31. The number of oxazole rings is 1. The fourth-order valence-corrected chi connectivity index (χ4v) is 3.71. The summed E-state index contributed by atoms with van der Waals surface area (Å²) in [6.45, 7) is 3.69. The smallest absolute Gasteiger partial charge is 0.257 e. The molecule has 158 valence electrons. The van der Waals surface area contributed by atoms with Crippen LogP contribution >= 0.6 is 11.6 Å². The van der Waals surface area contributed by atoms with Gasteiger partial charge in [-0.25, -0.2) is 9.97 Å². The van der Waals surface area contributed by atoms with Gasteiger partial charge in [0.15, 0.2) is 0 Å². The third-order valence-electron chi connectivity index (χ3n) is 5.14. The molecule has 0 amide bonds. The largest absolute Gasteiger partial charge is 0.441 e. The van der Waals surface area contributed by atoms with Crippen molar-refractivity contribution in [3.05, 3.63) is 92.7 Å². The van der Waals surface area contributed by atoms with E-state index in [1.807, 2.05) is 49.4 Å². The molecule has 0 unspecified atom stereocenters. The van der Waals surface area contributed by atoms with Crippen molar-refractivity contribution >= 4 is 11.6 Å². The molecule has 0 aliphatic heterocycles. The first-order chi connectivity index (χ1) is 15.0. The van der Waals surface area contributed by atoms with Gasteiger partial charge in [-0.15, -0.1) is 0 Å². The van der Waals surface area contributed by atoms with Gasteiger partial charge in [0.05, 0.1) is 6.54 Å². The summed E-state index contributed by atoms with van der Waals surface area (Å²) in [5.74, 6) is 1.61. The van der Waals surface area contributed by atoms with Gasteiger partial charge in [0.2, 0.25) is 5.89 Å². The van der Waals surface area contributed by atoms with E-state index in [0.717, 1.165) is 11.1 Å². The van der Waals surface area contributed by atoms with Crippen LogP contribution in [-0.2, 0) is 13.0 Å². The Morgan fingerprint density at radius 2 is 1.77 bits per heavy atom. The number of halogens is 1. The zero-order valence-corrected chi connectivity index (χ0v) is 18.1. The molecule has 0 saturated heterocycles. The molecule has 1 N–H and O–H groups in total. The first-order valence-electron chi connectivity index (χ1n) is 9.96. The van der Waals surface area contributed by atoms with Crippen molar-refractivity contribution in [3.8, 4) is 22.8 Å². The van der Waals surface area contributed by atoms with Gasteiger partial charge in [0.1, 0.15) is 17.3 Å². The van der Waals surface area contributed by atoms with E-state index in [9.17, 15) is 9.90 Å². The van der Waals surface area contributed by atoms with E-state index in [1.165, 1.54) is 0 Å². The van der Waals surface area contributed by atoms with Gasteiger partial charge in [-0.05, 0) is 32.0 Å². The van der Waals surface area contributed by atoms with Crippen LogP contribution in [0.25, 0.3) is 22.8 Å². The number of benzene rings is 2. The number of aromatic nitrogens is 3. The van der Waals surface area contributed by atoms with Crippen molar-refractivity contribution in [1.29, 1.82) is 0 Å². The molecule has 0 fully saturated rings. The van der Waals surface area contributed by atoms with Gasteiger partial charge in [0, 0.05) is 40.4 Å². The predicted molar refractivity (Wildman–Crippen MR) is 120 cm³/mol. The van der Waals surface area contributed by atoms with Crippen molar-refractivity contribution < 1.29 is 9.52 Å². The minimum Gasteiger partial charge on any atom is -0.441 e. The normalized spacial score (nSPS) is 11.1. The highest BCUT2D eigenvalue weighted by atomic mass is 35.5. The van der Waals surface area contributed by atoms with Crippen molar-refractivity contribution in [2.45, 2.75) is 26.8 Å². The molecular formula is C24H22ClN3O3. The Labute approximate surface area is 184 Å². The van der Waals surface area contributed by atoms with E-state index >= 15 is 0 Å². The molecule has 0 aliphatic carbocycles. The van der Waals surface area contributed by atoms with Crippen LogP contribution in [-0.4, -0.2) is 26.2 Å². The van der Waals surface area contributed by atoms with Crippen LogP contribution in [0.4, 0.5) is 0 Å². The summed E-state index contributed by atoms with van der Waals surface area (Å²) in [6, 6.07) is 16.8. The first kappa shape index (κ1) is 21.0. The lowest BCUT2D eigenvalue weighted by atomic mass is 10.1. The molecule has 0 aliphatic rings. The number of nitrogens with zero attached hydrogens (tertiary/aromatic N) is 3. The van der Waals surface area contributed by atoms with Gasteiger partial charge in [0.25, 0.3) is 5.56 Å². The molecule has 6 nitrogen and oxygen atoms in total. The number of hydrogen-bond donors (Lipinski definition) is 1. The van der Waals surface area contributed by atoms with Gasteiger partial charge >= 0.3 is 0 Å². The van der Waals surface area contributed by atoms with Crippen molar-refractivity contribution in [3.63, 3.8) is 0 Å². The van der Waals surface area contributed by atoms with E-state index in [2.05, 4.69) is 4.98 Å². The molecule has 2 heterocycles. The lowest BCUT2D eigenvalue weighted by Crippen LogP contribution is -2.29. The van der Waals surface area contributed by atoms with Crippen molar-refractivity contribution in [2.75, 3.05) is 6.61 Å². The maximum Gasteiger partial charge on any atom is 0.257 e. The van der Waals surface area contributed by atoms with E-state index in [0.29, 0.717) is 39.4 Å². The summed E-state index contributed by atoms with van der Waals surface area (Å²) >= 11 is 6.10. The topological polar surface area (TPSA) is 81.2 Å². The number of rotatable bonds is 6. The quantitative estimate of drug-likeness (QED) is 0.485. The molecule has 0 atom stereocenters. The van der Waals surface area contributed by atoms with Gasteiger partial charge in [-0.3, -0.25) is 9.36 Å². The molecule has 2 aromatic heterocycles. The molecule has 0 spiro atoms. The molecule has 0 radical (unpaired) electrons. The zero-order chi connectivity index (χ0) is 22.0. The monoisotopic (exact) mass is 435 g/mol. The Morgan fingerprint density at radius 1 is 1.03 bits per heavy atom. The summed E-state index contributed by atoms with van der Waals surface area (Å²) in [5, 5.41) is 10.0. The summed E-state index contributed by atoms with van der Waals surface area (Å²) in [7, 11) is 0. The van der Waals surface area contributed by atoms with Crippen LogP contribution in [0.1, 0.15) is 22.7 Å². The van der Waals surface area contributed by atoms with E-state index in [4.69, 9.17) is 21.0 Å². The van der Waals surface area contributed by atoms with Crippen LogP contribution in [0.5, 0.6) is 0 Å². The highest BCUT2D eigenvalue weighted by molar-refractivity contribution is 6.30. The van der Waals surface area contributed by atoms with Gasteiger partial charge < -0.3 is 9.52 Å². The molecule has 7 heteroatoms. The molecule has 0 saturated carbocycles. The third-order valence-corrected chi connectivity index (χ3v) is 5.37. The highest BCUT2D eigenvalue weighted by Crippen LogP contribution is 2.25. The molecule has 2 aromatic carbocycles. The molecule has 31 heavy (non-hydrogen) atoms. The SMILES string of the molecule is Cc1nc(-c2ccccc2)n(Cc2nc(-c3cccc(Cl)c3)oc2C)c(=O)c1CCO. The van der Waals surface area contributed by atoms with Crippen LogP contribution < -0.4 is 5.56 Å². The lowest BCUT2D eigenvalue weighted by Gasteiger charge is -2.15. The van der Waals surface area contributed by atoms with Crippen molar-refractivity contribution in [2.24, 2.45) is 0 Å². The van der Waals surface area contributed by atoms with Crippen LogP contribution in [0.2, 0.25) is 5.02 Å². The Kier molecular flexibility index (Phi) is 6.02. The summed E-state index contributed by atoms with van der Waals surface area (Å²) < 4.78 is 7.47. The average molecular weight is 436 g/mol. The maximum absolute atomic E-state index is 13.3. The summed E-state index contributed by atoms with van der Waals surface area (Å²) in [5.41, 5.74) is 3.15. The Hall–Kier alpha value is -3.22. The van der Waals surface area contributed by atoms with Gasteiger partial charge in [-0.1, -0.05) is 48.0 Å². The number of hydrogen-bond acceptors (Lipinski definition) is 5. The predicted octanol–water partition coefficient (Wildman–Crippen LogP) is 4.42. The Bertz CT molecular complexity index is 1280.